The first-order valence-electron chi connectivity index (χ1n) is 10.1. The molecule has 0 heterocycles. The van der Waals surface area contributed by atoms with Crippen LogP contribution in [0, 0.1) is 0 Å². The minimum Gasteiger partial charge on any atom is -0.357 e. The zero-order valence-electron chi connectivity index (χ0n) is 17.5. The number of hydrogen-bond donors (Lipinski definition) is 1. The largest absolute Gasteiger partial charge is 0.357 e. The van der Waals surface area contributed by atoms with Crippen LogP contribution in [-0.2, 0) is 29.0 Å². The second kappa shape index (κ2) is 11.4. The van der Waals surface area contributed by atoms with E-state index in [-0.39, 0.29) is 24.8 Å². The zero-order valence-corrected chi connectivity index (χ0v) is 19.8. The predicted molar refractivity (Wildman–Crippen MR) is 130 cm³/mol. The highest BCUT2D eigenvalue weighted by atomic mass is 35.5. The Kier molecular flexibility index (Phi) is 8.57. The van der Waals surface area contributed by atoms with Crippen molar-refractivity contribution in [1.82, 2.24) is 10.2 Å². The van der Waals surface area contributed by atoms with Crippen molar-refractivity contribution in [2.45, 2.75) is 25.4 Å². The van der Waals surface area contributed by atoms with E-state index in [0.29, 0.717) is 21.5 Å². The molecule has 2 amide bonds. The summed E-state index contributed by atoms with van der Waals surface area (Å²) >= 11 is 18.2. The lowest BCUT2D eigenvalue weighted by Crippen LogP contribution is -2.50. The molecule has 0 aliphatic carbocycles. The second-order valence-corrected chi connectivity index (χ2v) is 8.64. The normalized spacial score (nSPS) is 11.6. The maximum Gasteiger partial charge on any atom is 0.242 e. The van der Waals surface area contributed by atoms with Crippen molar-refractivity contribution >= 4 is 46.6 Å². The number of benzene rings is 3. The van der Waals surface area contributed by atoms with Gasteiger partial charge in [-0.2, -0.15) is 0 Å². The van der Waals surface area contributed by atoms with Gasteiger partial charge in [0.15, 0.2) is 0 Å². The van der Waals surface area contributed by atoms with E-state index in [4.69, 9.17) is 34.8 Å². The van der Waals surface area contributed by atoms with Gasteiger partial charge in [0.2, 0.25) is 11.8 Å². The number of rotatable bonds is 8. The molecule has 0 bridgehead atoms. The molecule has 0 aromatic heterocycles. The summed E-state index contributed by atoms with van der Waals surface area (Å²) in [7, 11) is 1.57. The van der Waals surface area contributed by atoms with Crippen LogP contribution in [0.4, 0.5) is 0 Å². The molecule has 0 unspecified atom stereocenters. The van der Waals surface area contributed by atoms with Crippen molar-refractivity contribution in [3.63, 3.8) is 0 Å². The molecule has 1 N–H and O–H groups in total. The summed E-state index contributed by atoms with van der Waals surface area (Å²) in [6.45, 7) is 0.217. The van der Waals surface area contributed by atoms with Crippen molar-refractivity contribution in [2.75, 3.05) is 7.05 Å². The van der Waals surface area contributed by atoms with E-state index in [0.717, 1.165) is 16.7 Å². The molecular formula is C25H23Cl3N2O2. The Labute approximate surface area is 203 Å². The molecule has 166 valence electrons. The molecule has 3 aromatic rings. The van der Waals surface area contributed by atoms with Gasteiger partial charge in [0.25, 0.3) is 0 Å². The third-order valence-corrected chi connectivity index (χ3v) is 6.11. The summed E-state index contributed by atoms with van der Waals surface area (Å²) in [6.07, 6.45) is 0.523. The van der Waals surface area contributed by atoms with Crippen LogP contribution in [0.15, 0.2) is 72.8 Å². The lowest BCUT2D eigenvalue weighted by atomic mass is 10.0. The van der Waals surface area contributed by atoms with E-state index in [1.54, 1.807) is 42.3 Å². The Morgan fingerprint density at radius 2 is 1.50 bits per heavy atom. The molecule has 3 aromatic carbocycles. The lowest BCUT2D eigenvalue weighted by Gasteiger charge is -2.31. The van der Waals surface area contributed by atoms with E-state index < -0.39 is 6.04 Å². The summed E-state index contributed by atoms with van der Waals surface area (Å²) in [5, 5.41) is 4.13. The van der Waals surface area contributed by atoms with Crippen LogP contribution in [0.2, 0.25) is 15.1 Å². The van der Waals surface area contributed by atoms with Gasteiger partial charge >= 0.3 is 0 Å². The topological polar surface area (TPSA) is 49.4 Å². The van der Waals surface area contributed by atoms with E-state index in [9.17, 15) is 9.59 Å². The van der Waals surface area contributed by atoms with E-state index in [1.165, 1.54) is 0 Å². The Morgan fingerprint density at radius 1 is 0.844 bits per heavy atom. The van der Waals surface area contributed by atoms with Crippen LogP contribution in [-0.4, -0.2) is 29.8 Å². The van der Waals surface area contributed by atoms with Gasteiger partial charge in [-0.05, 0) is 41.0 Å². The van der Waals surface area contributed by atoms with E-state index in [2.05, 4.69) is 5.32 Å². The molecule has 0 aliphatic rings. The highest BCUT2D eigenvalue weighted by Crippen LogP contribution is 2.24. The molecule has 32 heavy (non-hydrogen) atoms. The molecule has 1 atom stereocenters. The molecule has 0 fully saturated rings. The molecule has 0 aliphatic heterocycles. The second-order valence-electron chi connectivity index (χ2n) is 7.39. The summed E-state index contributed by atoms with van der Waals surface area (Å²) in [5.41, 5.74) is 2.55. The van der Waals surface area contributed by atoms with Crippen LogP contribution in [0.5, 0.6) is 0 Å². The van der Waals surface area contributed by atoms with Gasteiger partial charge in [0.05, 0.1) is 16.5 Å². The van der Waals surface area contributed by atoms with Crippen LogP contribution in [0.1, 0.15) is 16.7 Å². The smallest absolute Gasteiger partial charge is 0.242 e. The number of hydrogen-bond acceptors (Lipinski definition) is 2. The molecule has 0 saturated carbocycles. The monoisotopic (exact) mass is 488 g/mol. The highest BCUT2D eigenvalue weighted by Gasteiger charge is 2.30. The number of nitrogens with one attached hydrogen (secondary N) is 1. The Bertz CT molecular complexity index is 1070. The van der Waals surface area contributed by atoms with Crippen LogP contribution in [0.3, 0.4) is 0 Å². The molecule has 0 spiro atoms. The summed E-state index contributed by atoms with van der Waals surface area (Å²) in [6, 6.07) is 21.2. The quantitative estimate of drug-likeness (QED) is 0.449. The predicted octanol–water partition coefficient (Wildman–Crippen LogP) is 5.58. The number of nitrogens with zero attached hydrogens (tertiary/aromatic N) is 1. The summed E-state index contributed by atoms with van der Waals surface area (Å²) in [4.78, 5) is 28.0. The lowest BCUT2D eigenvalue weighted by molar-refractivity contribution is -0.140. The fraction of sp³-hybridized carbons (Fsp3) is 0.200. The SMILES string of the molecule is CNC(=O)[C@H](Cc1ccccc1)N(Cc1ccc(Cl)c(Cl)c1)C(=O)Cc1ccc(Cl)cc1. The fourth-order valence-corrected chi connectivity index (χ4v) is 3.88. The highest BCUT2D eigenvalue weighted by molar-refractivity contribution is 6.42. The minimum absolute atomic E-state index is 0.140. The van der Waals surface area contributed by atoms with Gasteiger partial charge in [0.1, 0.15) is 6.04 Å². The maximum absolute atomic E-state index is 13.5. The van der Waals surface area contributed by atoms with Gasteiger partial charge in [0, 0.05) is 25.0 Å². The first-order chi connectivity index (χ1) is 15.4. The van der Waals surface area contributed by atoms with Crippen molar-refractivity contribution in [3.05, 3.63) is 105 Å². The van der Waals surface area contributed by atoms with Crippen LogP contribution >= 0.6 is 34.8 Å². The summed E-state index contributed by atoms with van der Waals surface area (Å²) < 4.78 is 0. The zero-order chi connectivity index (χ0) is 23.1. The fourth-order valence-electron chi connectivity index (χ4n) is 3.43. The first-order valence-corrected chi connectivity index (χ1v) is 11.2. The molecule has 3 rings (SSSR count). The first kappa shape index (κ1) is 24.1. The van der Waals surface area contributed by atoms with Gasteiger partial charge < -0.3 is 10.2 Å². The molecule has 7 heteroatoms. The van der Waals surface area contributed by atoms with Crippen LogP contribution < -0.4 is 5.32 Å². The average molecular weight is 490 g/mol. The van der Waals surface area contributed by atoms with Gasteiger partial charge in [-0.3, -0.25) is 9.59 Å². The third-order valence-electron chi connectivity index (χ3n) is 5.12. The molecule has 4 nitrogen and oxygen atoms in total. The molecular weight excluding hydrogens is 467 g/mol. The van der Waals surface area contributed by atoms with E-state index >= 15 is 0 Å². The Hall–Kier alpha value is -2.53. The van der Waals surface area contributed by atoms with Crippen molar-refractivity contribution in [3.8, 4) is 0 Å². The maximum atomic E-state index is 13.5. The number of carbonyl (C=O) groups excluding carboxylic acids is 2. The van der Waals surface area contributed by atoms with Gasteiger partial charge in [-0.1, -0.05) is 83.3 Å². The number of amides is 2. The molecule has 0 radical (unpaired) electrons. The van der Waals surface area contributed by atoms with Gasteiger partial charge in [-0.15, -0.1) is 0 Å². The Morgan fingerprint density at radius 3 is 2.12 bits per heavy atom. The molecule has 0 saturated heterocycles. The Balaban J connectivity index is 1.94. The van der Waals surface area contributed by atoms with Gasteiger partial charge in [-0.25, -0.2) is 0 Å². The number of carbonyl (C=O) groups is 2. The van der Waals surface area contributed by atoms with Crippen molar-refractivity contribution < 1.29 is 9.59 Å². The van der Waals surface area contributed by atoms with Crippen molar-refractivity contribution in [1.29, 1.82) is 0 Å². The van der Waals surface area contributed by atoms with Crippen LogP contribution in [0.25, 0.3) is 0 Å². The van der Waals surface area contributed by atoms with Crippen molar-refractivity contribution in [2.24, 2.45) is 0 Å². The third kappa shape index (κ3) is 6.49. The van der Waals surface area contributed by atoms with E-state index in [1.807, 2.05) is 42.5 Å². The summed E-state index contributed by atoms with van der Waals surface area (Å²) in [5.74, 6) is -0.415. The minimum atomic E-state index is -0.698. The number of halogens is 3. The standard InChI is InChI=1S/C25H23Cl3N2O2/c1-29-25(32)23(14-17-5-3-2-4-6-17)30(16-19-9-12-21(27)22(28)13-19)24(31)15-18-7-10-20(26)11-8-18/h2-13,23H,14-16H2,1H3,(H,29,32)/t23-/m0/s1. The average Bonchev–Trinajstić information content (AvgIpc) is 2.80. The number of likely N-dealkylation sites (N-methyl/N-ethyl adjacent to an activating group) is 1.